The average Bonchev–Trinajstić information content (AvgIpc) is 2.61. The molecule has 26 heavy (non-hydrogen) atoms. The minimum Gasteiger partial charge on any atom is -0.349 e. The quantitative estimate of drug-likeness (QED) is 0.842. The first-order chi connectivity index (χ1) is 12.3. The van der Waals surface area contributed by atoms with Crippen LogP contribution in [0.2, 0.25) is 0 Å². The van der Waals surface area contributed by atoms with E-state index in [9.17, 15) is 9.59 Å². The maximum absolute atomic E-state index is 12.7. The number of benzene rings is 1. The molecule has 1 amide bonds. The van der Waals surface area contributed by atoms with E-state index in [-0.39, 0.29) is 28.8 Å². The monoisotopic (exact) mass is 371 g/mol. The molecule has 2 atom stereocenters. The topological polar surface area (TPSA) is 64.0 Å². The summed E-state index contributed by atoms with van der Waals surface area (Å²) in [6.45, 7) is 8.48. The molecule has 2 aromatic rings. The van der Waals surface area contributed by atoms with Gasteiger partial charge in [-0.3, -0.25) is 14.2 Å². The van der Waals surface area contributed by atoms with E-state index in [0.717, 1.165) is 11.3 Å². The van der Waals surface area contributed by atoms with E-state index in [1.807, 2.05) is 58.0 Å². The Morgan fingerprint density at radius 3 is 2.65 bits per heavy atom. The molecule has 138 valence electrons. The number of amides is 1. The first-order valence-electron chi connectivity index (χ1n) is 8.86. The molecule has 1 N–H and O–H groups in total. The molecule has 1 aliphatic rings. The van der Waals surface area contributed by atoms with Crippen molar-refractivity contribution in [1.29, 1.82) is 0 Å². The summed E-state index contributed by atoms with van der Waals surface area (Å²) in [5, 5.41) is 3.77. The summed E-state index contributed by atoms with van der Waals surface area (Å²) < 4.78 is 1.63. The molecular formula is C20H25N3O2S. The van der Waals surface area contributed by atoms with Crippen LogP contribution in [0.5, 0.6) is 0 Å². The lowest BCUT2D eigenvalue weighted by Crippen LogP contribution is -2.41. The van der Waals surface area contributed by atoms with Gasteiger partial charge in [0.15, 0.2) is 5.16 Å². The van der Waals surface area contributed by atoms with Gasteiger partial charge in [-0.05, 0) is 12.5 Å². The summed E-state index contributed by atoms with van der Waals surface area (Å²) in [6, 6.07) is 11.4. The Labute approximate surface area is 158 Å². The van der Waals surface area contributed by atoms with E-state index >= 15 is 0 Å². The van der Waals surface area contributed by atoms with Crippen molar-refractivity contribution in [2.45, 2.75) is 50.9 Å². The molecule has 0 aliphatic carbocycles. The number of carbonyl (C=O) groups excluding carboxylic acids is 1. The maximum Gasteiger partial charge on any atom is 0.254 e. The molecule has 3 rings (SSSR count). The fourth-order valence-electron chi connectivity index (χ4n) is 2.91. The summed E-state index contributed by atoms with van der Waals surface area (Å²) >= 11 is 1.48. The fourth-order valence-corrected chi connectivity index (χ4v) is 4.00. The molecule has 6 heteroatoms. The van der Waals surface area contributed by atoms with Crippen molar-refractivity contribution in [1.82, 2.24) is 14.9 Å². The number of thioether (sulfide) groups is 1. The zero-order valence-electron chi connectivity index (χ0n) is 15.7. The van der Waals surface area contributed by atoms with E-state index in [2.05, 4.69) is 10.3 Å². The van der Waals surface area contributed by atoms with Crippen molar-refractivity contribution in [2.24, 2.45) is 5.92 Å². The van der Waals surface area contributed by atoms with Crippen LogP contribution in [-0.2, 0) is 16.8 Å². The predicted octanol–water partition coefficient (Wildman–Crippen LogP) is 3.14. The Morgan fingerprint density at radius 2 is 2.00 bits per heavy atom. The van der Waals surface area contributed by atoms with E-state index < -0.39 is 0 Å². The number of nitrogens with one attached hydrogen (secondary N) is 1. The molecule has 1 aromatic carbocycles. The van der Waals surface area contributed by atoms with Gasteiger partial charge >= 0.3 is 0 Å². The van der Waals surface area contributed by atoms with Crippen LogP contribution in [0.15, 0.2) is 46.3 Å². The molecule has 1 aliphatic heterocycles. The van der Waals surface area contributed by atoms with Crippen LogP contribution >= 0.6 is 11.8 Å². The second-order valence-electron chi connectivity index (χ2n) is 7.77. The van der Waals surface area contributed by atoms with Gasteiger partial charge < -0.3 is 5.32 Å². The Hall–Kier alpha value is -2.08. The highest BCUT2D eigenvalue weighted by Crippen LogP contribution is 2.28. The third-order valence-electron chi connectivity index (χ3n) is 4.59. The molecule has 0 saturated heterocycles. The lowest BCUT2D eigenvalue weighted by Gasteiger charge is -2.27. The van der Waals surface area contributed by atoms with Gasteiger partial charge in [-0.15, -0.1) is 0 Å². The lowest BCUT2D eigenvalue weighted by atomic mass is 9.92. The van der Waals surface area contributed by atoms with Gasteiger partial charge in [-0.25, -0.2) is 4.98 Å². The van der Waals surface area contributed by atoms with Crippen LogP contribution < -0.4 is 10.9 Å². The minimum atomic E-state index is -0.237. The first kappa shape index (κ1) is 18.7. The van der Waals surface area contributed by atoms with Crippen LogP contribution in [0.1, 0.15) is 45.0 Å². The molecule has 0 saturated carbocycles. The molecular weight excluding hydrogens is 346 g/mol. The van der Waals surface area contributed by atoms with Crippen LogP contribution in [0.25, 0.3) is 0 Å². The third-order valence-corrected chi connectivity index (χ3v) is 5.73. The fraction of sp³-hybridized carbons (Fsp3) is 0.450. The molecule has 0 bridgehead atoms. The second-order valence-corrected chi connectivity index (χ2v) is 8.76. The Kier molecular flexibility index (Phi) is 5.23. The largest absolute Gasteiger partial charge is 0.349 e. The van der Waals surface area contributed by atoms with Crippen molar-refractivity contribution < 1.29 is 4.79 Å². The van der Waals surface area contributed by atoms with E-state index in [0.29, 0.717) is 17.5 Å². The van der Waals surface area contributed by atoms with E-state index in [4.69, 9.17) is 0 Å². The molecule has 0 fully saturated rings. The summed E-state index contributed by atoms with van der Waals surface area (Å²) in [6.07, 6.45) is 0. The number of fused-ring (bicyclic) bond motifs is 1. The van der Waals surface area contributed by atoms with Gasteiger partial charge in [0.25, 0.3) is 5.56 Å². The summed E-state index contributed by atoms with van der Waals surface area (Å²) in [7, 11) is 0. The molecule has 2 heterocycles. The normalized spacial score (nSPS) is 18.1. The lowest BCUT2D eigenvalue weighted by molar-refractivity contribution is -0.125. The second kappa shape index (κ2) is 7.27. The van der Waals surface area contributed by atoms with E-state index in [1.165, 1.54) is 11.8 Å². The van der Waals surface area contributed by atoms with Crippen LogP contribution in [0.4, 0.5) is 0 Å². The molecule has 2 unspecified atom stereocenters. The van der Waals surface area contributed by atoms with Gasteiger partial charge in [-0.2, -0.15) is 0 Å². The average molecular weight is 372 g/mol. The van der Waals surface area contributed by atoms with Crippen molar-refractivity contribution in [3.8, 4) is 0 Å². The Morgan fingerprint density at radius 1 is 1.31 bits per heavy atom. The Balaban J connectivity index is 1.74. The number of nitrogens with zero attached hydrogens (tertiary/aromatic N) is 2. The highest BCUT2D eigenvalue weighted by Gasteiger charge is 2.29. The highest BCUT2D eigenvalue weighted by atomic mass is 32.2. The van der Waals surface area contributed by atoms with Crippen LogP contribution in [0, 0.1) is 5.92 Å². The summed E-state index contributed by atoms with van der Waals surface area (Å²) in [4.78, 5) is 29.8. The number of hydrogen-bond acceptors (Lipinski definition) is 4. The molecule has 0 spiro atoms. The molecule has 5 nitrogen and oxygen atoms in total. The third kappa shape index (κ3) is 4.01. The maximum atomic E-state index is 12.7. The zero-order valence-corrected chi connectivity index (χ0v) is 16.5. The Bertz CT molecular complexity index is 856. The zero-order chi connectivity index (χ0) is 18.9. The molecule has 0 radical (unpaired) electrons. The number of carbonyl (C=O) groups is 1. The summed E-state index contributed by atoms with van der Waals surface area (Å²) in [5.74, 6) is 0.373. The first-order valence-corrected chi connectivity index (χ1v) is 9.85. The van der Waals surface area contributed by atoms with Crippen molar-refractivity contribution in [3.63, 3.8) is 0 Å². The standard InChI is InChI=1S/C20H25N3O2S/c1-13(14-8-6-5-7-9-14)21-18(25)15-11-23-17(24)10-16(20(2,3)4)22-19(23)26-12-15/h5-10,13,15H,11-12H2,1-4H3,(H,21,25). The number of rotatable bonds is 3. The van der Waals surface area contributed by atoms with Gasteiger partial charge in [-0.1, -0.05) is 62.9 Å². The van der Waals surface area contributed by atoms with E-state index in [1.54, 1.807) is 10.6 Å². The van der Waals surface area contributed by atoms with Crippen LogP contribution in [0.3, 0.4) is 0 Å². The summed E-state index contributed by atoms with van der Waals surface area (Å²) in [5.41, 5.74) is 1.61. The minimum absolute atomic E-state index is 0.0219. The van der Waals surface area contributed by atoms with Gasteiger partial charge in [0.1, 0.15) is 0 Å². The van der Waals surface area contributed by atoms with Gasteiger partial charge in [0.2, 0.25) is 5.91 Å². The SMILES string of the molecule is CC(NC(=O)C1CSc2nc(C(C)(C)C)cc(=O)n2C1)c1ccccc1. The number of hydrogen-bond donors (Lipinski definition) is 1. The smallest absolute Gasteiger partial charge is 0.254 e. The number of aromatic nitrogens is 2. The van der Waals surface area contributed by atoms with Crippen molar-refractivity contribution in [3.05, 3.63) is 58.0 Å². The molecule has 1 aromatic heterocycles. The van der Waals surface area contributed by atoms with Crippen LogP contribution in [-0.4, -0.2) is 21.2 Å². The predicted molar refractivity (Wildman–Crippen MR) is 104 cm³/mol. The van der Waals surface area contributed by atoms with Gasteiger partial charge in [0, 0.05) is 23.8 Å². The highest BCUT2D eigenvalue weighted by molar-refractivity contribution is 7.99. The van der Waals surface area contributed by atoms with Crippen molar-refractivity contribution in [2.75, 3.05) is 5.75 Å². The van der Waals surface area contributed by atoms with Crippen molar-refractivity contribution >= 4 is 17.7 Å². The van der Waals surface area contributed by atoms with Gasteiger partial charge in [0.05, 0.1) is 17.7 Å².